The van der Waals surface area contributed by atoms with Crippen LogP contribution in [0.4, 0.5) is 0 Å². The van der Waals surface area contributed by atoms with Crippen LogP contribution >= 0.6 is 0 Å². The van der Waals surface area contributed by atoms with Crippen LogP contribution in [-0.2, 0) is 4.74 Å². The molecule has 3 nitrogen and oxygen atoms in total. The zero-order valence-electron chi connectivity index (χ0n) is 11.0. The summed E-state index contributed by atoms with van der Waals surface area (Å²) in [4.78, 5) is 2.70. The summed E-state index contributed by atoms with van der Waals surface area (Å²) in [5.41, 5.74) is 0. The van der Waals surface area contributed by atoms with Gasteiger partial charge in [0.25, 0.3) is 0 Å². The lowest BCUT2D eigenvalue weighted by Crippen LogP contribution is -2.44. The van der Waals surface area contributed by atoms with E-state index in [0.717, 1.165) is 31.0 Å². The van der Waals surface area contributed by atoms with Crippen molar-refractivity contribution in [1.29, 1.82) is 0 Å². The van der Waals surface area contributed by atoms with Crippen LogP contribution in [0.15, 0.2) is 0 Å². The average Bonchev–Trinajstić information content (AvgIpc) is 3.01. The Balaban J connectivity index is 1.51. The van der Waals surface area contributed by atoms with Gasteiger partial charge in [-0.2, -0.15) is 0 Å². The van der Waals surface area contributed by atoms with E-state index in [1.54, 1.807) is 0 Å². The van der Waals surface area contributed by atoms with E-state index in [1.165, 1.54) is 45.3 Å². The highest BCUT2D eigenvalue weighted by Crippen LogP contribution is 2.37. The average molecular weight is 238 g/mol. The fraction of sp³-hybridized carbons (Fsp3) is 1.00. The van der Waals surface area contributed by atoms with Gasteiger partial charge in [0.15, 0.2) is 0 Å². The normalized spacial score (nSPS) is 39.7. The maximum Gasteiger partial charge on any atom is 0.0510 e. The number of nitrogens with zero attached hydrogens (tertiary/aromatic N) is 1. The predicted molar refractivity (Wildman–Crippen MR) is 69.0 cm³/mol. The summed E-state index contributed by atoms with van der Waals surface area (Å²) in [6.45, 7) is 5.88. The minimum Gasteiger partial charge on any atom is -0.381 e. The smallest absolute Gasteiger partial charge is 0.0510 e. The first-order chi connectivity index (χ1) is 8.36. The molecule has 2 saturated heterocycles. The van der Waals surface area contributed by atoms with Gasteiger partial charge in [0.2, 0.25) is 0 Å². The Morgan fingerprint density at radius 2 is 2.00 bits per heavy atom. The molecule has 17 heavy (non-hydrogen) atoms. The molecule has 0 aromatic carbocycles. The van der Waals surface area contributed by atoms with Crippen LogP contribution in [0.2, 0.25) is 0 Å². The molecule has 4 atom stereocenters. The summed E-state index contributed by atoms with van der Waals surface area (Å²) < 4.78 is 5.52. The van der Waals surface area contributed by atoms with Crippen molar-refractivity contribution in [2.75, 3.05) is 39.9 Å². The van der Waals surface area contributed by atoms with E-state index in [2.05, 4.69) is 17.3 Å². The molecule has 0 radical (unpaired) electrons. The number of likely N-dealkylation sites (tertiary alicyclic amines) is 1. The van der Waals surface area contributed by atoms with Gasteiger partial charge in [0.1, 0.15) is 0 Å². The molecular formula is C14H26N2O. The number of hydrogen-bond acceptors (Lipinski definition) is 3. The van der Waals surface area contributed by atoms with Crippen LogP contribution < -0.4 is 5.32 Å². The van der Waals surface area contributed by atoms with Crippen molar-refractivity contribution < 1.29 is 4.74 Å². The monoisotopic (exact) mass is 238 g/mol. The quantitative estimate of drug-likeness (QED) is 0.800. The lowest BCUT2D eigenvalue weighted by atomic mass is 9.98. The van der Waals surface area contributed by atoms with Crippen LogP contribution in [0.5, 0.6) is 0 Å². The van der Waals surface area contributed by atoms with Crippen molar-refractivity contribution in [3.8, 4) is 0 Å². The first-order valence-electron chi connectivity index (χ1n) is 7.34. The third-order valence-electron chi connectivity index (χ3n) is 5.16. The van der Waals surface area contributed by atoms with Gasteiger partial charge in [-0.3, -0.25) is 0 Å². The van der Waals surface area contributed by atoms with E-state index in [-0.39, 0.29) is 0 Å². The third kappa shape index (κ3) is 2.51. The Hall–Kier alpha value is -0.120. The van der Waals surface area contributed by atoms with Crippen LogP contribution in [0, 0.1) is 17.8 Å². The van der Waals surface area contributed by atoms with E-state index in [4.69, 9.17) is 4.74 Å². The van der Waals surface area contributed by atoms with Crippen molar-refractivity contribution in [1.82, 2.24) is 10.2 Å². The molecule has 0 spiro atoms. The third-order valence-corrected chi connectivity index (χ3v) is 5.16. The van der Waals surface area contributed by atoms with Crippen molar-refractivity contribution in [3.63, 3.8) is 0 Å². The Morgan fingerprint density at radius 1 is 1.24 bits per heavy atom. The lowest BCUT2D eigenvalue weighted by Gasteiger charge is -2.27. The Morgan fingerprint density at radius 3 is 2.59 bits per heavy atom. The topological polar surface area (TPSA) is 24.5 Å². The SMILES string of the molecule is CNC(CN1CC2CCCC2C1)C1CCOC1. The van der Waals surface area contributed by atoms with Gasteiger partial charge in [-0.25, -0.2) is 0 Å². The fourth-order valence-corrected chi connectivity index (χ4v) is 4.11. The van der Waals surface area contributed by atoms with Gasteiger partial charge in [0.05, 0.1) is 6.61 Å². The summed E-state index contributed by atoms with van der Waals surface area (Å²) in [7, 11) is 2.11. The highest BCUT2D eigenvalue weighted by atomic mass is 16.5. The molecule has 2 aliphatic heterocycles. The van der Waals surface area contributed by atoms with Crippen molar-refractivity contribution in [2.45, 2.75) is 31.7 Å². The fourth-order valence-electron chi connectivity index (χ4n) is 4.11. The van der Waals surface area contributed by atoms with E-state index < -0.39 is 0 Å². The van der Waals surface area contributed by atoms with Crippen LogP contribution in [0.1, 0.15) is 25.7 Å². The lowest BCUT2D eigenvalue weighted by molar-refractivity contribution is 0.167. The molecule has 0 aromatic heterocycles. The van der Waals surface area contributed by atoms with E-state index >= 15 is 0 Å². The Kier molecular flexibility index (Phi) is 3.69. The molecule has 3 aliphatic rings. The van der Waals surface area contributed by atoms with Gasteiger partial charge in [-0.05, 0) is 38.1 Å². The molecule has 1 saturated carbocycles. The van der Waals surface area contributed by atoms with Crippen LogP contribution in [-0.4, -0.2) is 50.8 Å². The Bertz CT molecular complexity index is 241. The van der Waals surface area contributed by atoms with Gasteiger partial charge in [-0.1, -0.05) is 6.42 Å². The molecular weight excluding hydrogens is 212 g/mol. The number of likely N-dealkylation sites (N-methyl/N-ethyl adjacent to an activating group) is 1. The van der Waals surface area contributed by atoms with E-state index in [9.17, 15) is 0 Å². The molecule has 98 valence electrons. The number of fused-ring (bicyclic) bond motifs is 1. The molecule has 0 amide bonds. The molecule has 3 rings (SSSR count). The maximum atomic E-state index is 5.52. The van der Waals surface area contributed by atoms with Crippen molar-refractivity contribution >= 4 is 0 Å². The highest BCUT2D eigenvalue weighted by Gasteiger charge is 2.37. The summed E-state index contributed by atoms with van der Waals surface area (Å²) in [5.74, 6) is 2.78. The second-order valence-electron chi connectivity index (χ2n) is 6.19. The van der Waals surface area contributed by atoms with Crippen molar-refractivity contribution in [2.24, 2.45) is 17.8 Å². The maximum absolute atomic E-state index is 5.52. The number of hydrogen-bond donors (Lipinski definition) is 1. The zero-order chi connectivity index (χ0) is 11.7. The Labute approximate surface area is 105 Å². The first-order valence-corrected chi connectivity index (χ1v) is 7.34. The standard InChI is InChI=1S/C14H26N2O/c1-15-14(13-5-6-17-10-13)9-16-7-11-3-2-4-12(11)8-16/h11-15H,2-10H2,1H3. The van der Waals surface area contributed by atoms with Crippen LogP contribution in [0.3, 0.4) is 0 Å². The minimum absolute atomic E-state index is 0.635. The molecule has 0 bridgehead atoms. The molecule has 3 heteroatoms. The first kappa shape index (κ1) is 11.9. The highest BCUT2D eigenvalue weighted by molar-refractivity contribution is 4.91. The summed E-state index contributed by atoms with van der Waals surface area (Å²) >= 11 is 0. The molecule has 4 unspecified atom stereocenters. The van der Waals surface area contributed by atoms with Gasteiger partial charge in [0, 0.05) is 38.2 Å². The van der Waals surface area contributed by atoms with Gasteiger partial charge >= 0.3 is 0 Å². The second-order valence-corrected chi connectivity index (χ2v) is 6.19. The predicted octanol–water partition coefficient (Wildman–Crippen LogP) is 1.34. The molecule has 1 N–H and O–H groups in total. The van der Waals surface area contributed by atoms with Gasteiger partial charge in [-0.15, -0.1) is 0 Å². The number of nitrogens with one attached hydrogen (secondary N) is 1. The van der Waals surface area contributed by atoms with Crippen molar-refractivity contribution in [3.05, 3.63) is 0 Å². The van der Waals surface area contributed by atoms with Crippen LogP contribution in [0.25, 0.3) is 0 Å². The van der Waals surface area contributed by atoms with E-state index in [1.807, 2.05) is 0 Å². The van der Waals surface area contributed by atoms with E-state index in [0.29, 0.717) is 6.04 Å². The summed E-state index contributed by atoms with van der Waals surface area (Å²) in [6.07, 6.45) is 5.69. The molecule has 1 aliphatic carbocycles. The molecule has 3 fully saturated rings. The summed E-state index contributed by atoms with van der Waals surface area (Å²) in [5, 5.41) is 3.51. The minimum atomic E-state index is 0.635. The number of rotatable bonds is 4. The molecule has 0 aromatic rings. The zero-order valence-corrected chi connectivity index (χ0v) is 11.0. The second kappa shape index (κ2) is 5.25. The van der Waals surface area contributed by atoms with Gasteiger partial charge < -0.3 is 15.0 Å². The largest absolute Gasteiger partial charge is 0.381 e. The summed E-state index contributed by atoms with van der Waals surface area (Å²) in [6, 6.07) is 0.635. The number of ether oxygens (including phenoxy) is 1. The molecule has 2 heterocycles.